The minimum atomic E-state index is -0.379. The maximum atomic E-state index is 11.4. The van der Waals surface area contributed by atoms with Crippen molar-refractivity contribution in [2.45, 2.75) is 58.0 Å². The van der Waals surface area contributed by atoms with Gasteiger partial charge >= 0.3 is 0 Å². The van der Waals surface area contributed by atoms with Gasteiger partial charge in [0, 0.05) is 6.04 Å². The van der Waals surface area contributed by atoms with E-state index in [0.29, 0.717) is 6.04 Å². The largest absolute Gasteiger partial charge is 0.352 e. The molecule has 0 aromatic rings. The van der Waals surface area contributed by atoms with Gasteiger partial charge in [-0.15, -0.1) is 0 Å². The fraction of sp³-hybridized carbons (Fsp3) is 0.909. The Balaban J connectivity index is 2.33. The van der Waals surface area contributed by atoms with Gasteiger partial charge in [0.15, 0.2) is 0 Å². The van der Waals surface area contributed by atoms with Crippen LogP contribution in [-0.2, 0) is 4.79 Å². The topological polar surface area (TPSA) is 55.1 Å². The molecule has 1 saturated carbocycles. The maximum absolute atomic E-state index is 11.4. The van der Waals surface area contributed by atoms with E-state index >= 15 is 0 Å². The van der Waals surface area contributed by atoms with Crippen LogP contribution in [0.1, 0.15) is 46.0 Å². The lowest BCUT2D eigenvalue weighted by atomic mass is 10.0. The lowest BCUT2D eigenvalue weighted by Gasteiger charge is -2.17. The summed E-state index contributed by atoms with van der Waals surface area (Å²) in [5, 5.41) is 3.01. The van der Waals surface area contributed by atoms with Gasteiger partial charge in [-0.25, -0.2) is 0 Å². The van der Waals surface area contributed by atoms with Crippen LogP contribution < -0.4 is 11.1 Å². The summed E-state index contributed by atoms with van der Waals surface area (Å²) in [5.74, 6) is 0.803. The van der Waals surface area contributed by atoms with Gasteiger partial charge in [0.05, 0.1) is 6.04 Å². The average Bonchev–Trinajstić information content (AvgIpc) is 2.31. The Kier molecular flexibility index (Phi) is 4.39. The molecule has 3 unspecified atom stereocenters. The van der Waals surface area contributed by atoms with Gasteiger partial charge in [-0.2, -0.15) is 0 Å². The Morgan fingerprint density at radius 3 is 2.71 bits per heavy atom. The third-order valence-corrected chi connectivity index (χ3v) is 3.02. The number of hydrogen-bond acceptors (Lipinski definition) is 2. The van der Waals surface area contributed by atoms with Gasteiger partial charge in [-0.05, 0) is 32.1 Å². The first-order chi connectivity index (χ1) is 6.59. The Morgan fingerprint density at radius 1 is 1.36 bits per heavy atom. The van der Waals surface area contributed by atoms with E-state index < -0.39 is 0 Å². The molecule has 1 aliphatic carbocycles. The molecule has 3 N–H and O–H groups in total. The molecule has 0 aromatic heterocycles. The molecule has 82 valence electrons. The Morgan fingerprint density at radius 2 is 2.07 bits per heavy atom. The summed E-state index contributed by atoms with van der Waals surface area (Å²) in [6.07, 6.45) is 5.97. The van der Waals surface area contributed by atoms with Gasteiger partial charge in [0.25, 0.3) is 0 Å². The molecule has 3 heteroatoms. The van der Waals surface area contributed by atoms with Crippen molar-refractivity contribution in [3.8, 4) is 0 Å². The molecule has 0 spiro atoms. The summed E-state index contributed by atoms with van der Waals surface area (Å²) in [5.41, 5.74) is 5.51. The van der Waals surface area contributed by atoms with Crippen molar-refractivity contribution in [1.82, 2.24) is 5.32 Å². The van der Waals surface area contributed by atoms with E-state index in [1.807, 2.05) is 0 Å². The van der Waals surface area contributed by atoms with Gasteiger partial charge < -0.3 is 11.1 Å². The molecule has 0 bridgehead atoms. The van der Waals surface area contributed by atoms with E-state index in [2.05, 4.69) is 12.2 Å². The molecule has 0 radical (unpaired) electrons. The normalized spacial score (nSPS) is 30.5. The molecular formula is C11H22N2O. The third-order valence-electron chi connectivity index (χ3n) is 3.02. The summed E-state index contributed by atoms with van der Waals surface area (Å²) in [7, 11) is 0. The zero-order valence-electron chi connectivity index (χ0n) is 9.25. The molecule has 1 aliphatic rings. The summed E-state index contributed by atoms with van der Waals surface area (Å²) < 4.78 is 0. The summed E-state index contributed by atoms with van der Waals surface area (Å²) in [4.78, 5) is 11.4. The highest BCUT2D eigenvalue weighted by atomic mass is 16.2. The number of nitrogens with two attached hydrogens (primary N) is 1. The third kappa shape index (κ3) is 3.66. The Hall–Kier alpha value is -0.570. The highest BCUT2D eigenvalue weighted by molar-refractivity contribution is 5.81. The van der Waals surface area contributed by atoms with Gasteiger partial charge in [-0.3, -0.25) is 4.79 Å². The lowest BCUT2D eigenvalue weighted by molar-refractivity contribution is -0.122. The van der Waals surface area contributed by atoms with Crippen LogP contribution in [0.25, 0.3) is 0 Å². The van der Waals surface area contributed by atoms with Crippen LogP contribution in [-0.4, -0.2) is 18.0 Å². The van der Waals surface area contributed by atoms with Gasteiger partial charge in [0.1, 0.15) is 0 Å². The molecule has 3 atom stereocenters. The predicted molar refractivity (Wildman–Crippen MR) is 57.8 cm³/mol. The molecule has 0 heterocycles. The van der Waals surface area contributed by atoms with E-state index in [1.165, 1.54) is 19.3 Å². The Labute approximate surface area is 86.4 Å². The van der Waals surface area contributed by atoms with Crippen LogP contribution in [0, 0.1) is 5.92 Å². The summed E-state index contributed by atoms with van der Waals surface area (Å²) >= 11 is 0. The standard InChI is InChI=1S/C11H22N2O/c1-8-4-3-5-10(7-6-8)13-11(14)9(2)12/h8-10H,3-7,12H2,1-2H3,(H,13,14). The van der Waals surface area contributed by atoms with Crippen LogP contribution in [0.4, 0.5) is 0 Å². The van der Waals surface area contributed by atoms with Crippen molar-refractivity contribution in [2.75, 3.05) is 0 Å². The number of hydrogen-bond donors (Lipinski definition) is 2. The molecule has 0 aromatic carbocycles. The Bertz CT molecular complexity index is 192. The monoisotopic (exact) mass is 198 g/mol. The van der Waals surface area contributed by atoms with Crippen LogP contribution >= 0.6 is 0 Å². The molecule has 0 aliphatic heterocycles. The number of nitrogens with one attached hydrogen (secondary N) is 1. The first-order valence-corrected chi connectivity index (χ1v) is 5.65. The van der Waals surface area contributed by atoms with E-state index in [0.717, 1.165) is 18.8 Å². The fourth-order valence-corrected chi connectivity index (χ4v) is 1.96. The van der Waals surface area contributed by atoms with Crippen molar-refractivity contribution in [1.29, 1.82) is 0 Å². The van der Waals surface area contributed by atoms with Crippen molar-refractivity contribution >= 4 is 5.91 Å². The maximum Gasteiger partial charge on any atom is 0.236 e. The number of rotatable bonds is 2. The van der Waals surface area contributed by atoms with Crippen LogP contribution in [0.15, 0.2) is 0 Å². The molecule has 1 amide bonds. The lowest BCUT2D eigenvalue weighted by Crippen LogP contribution is -2.43. The zero-order chi connectivity index (χ0) is 10.6. The van der Waals surface area contributed by atoms with Crippen LogP contribution in [0.2, 0.25) is 0 Å². The second-order valence-electron chi connectivity index (χ2n) is 4.61. The van der Waals surface area contributed by atoms with Crippen molar-refractivity contribution in [2.24, 2.45) is 11.7 Å². The van der Waals surface area contributed by atoms with Crippen molar-refractivity contribution in [3.05, 3.63) is 0 Å². The zero-order valence-corrected chi connectivity index (χ0v) is 9.25. The first-order valence-electron chi connectivity index (χ1n) is 5.65. The average molecular weight is 198 g/mol. The van der Waals surface area contributed by atoms with E-state index in [1.54, 1.807) is 6.92 Å². The first kappa shape index (κ1) is 11.5. The van der Waals surface area contributed by atoms with Gasteiger partial charge in [-0.1, -0.05) is 19.8 Å². The predicted octanol–water partition coefficient (Wildman–Crippen LogP) is 1.42. The smallest absolute Gasteiger partial charge is 0.236 e. The van der Waals surface area contributed by atoms with Crippen LogP contribution in [0.3, 0.4) is 0 Å². The molecule has 1 rings (SSSR count). The molecule has 3 nitrogen and oxygen atoms in total. The molecule has 0 saturated heterocycles. The minimum absolute atomic E-state index is 0.00967. The fourth-order valence-electron chi connectivity index (χ4n) is 1.96. The van der Waals surface area contributed by atoms with Crippen molar-refractivity contribution in [3.63, 3.8) is 0 Å². The quantitative estimate of drug-likeness (QED) is 0.659. The molecule has 14 heavy (non-hydrogen) atoms. The number of carbonyl (C=O) groups is 1. The van der Waals surface area contributed by atoms with Gasteiger partial charge in [0.2, 0.25) is 5.91 Å². The van der Waals surface area contributed by atoms with Crippen LogP contribution in [0.5, 0.6) is 0 Å². The number of amides is 1. The van der Waals surface area contributed by atoms with Crippen molar-refractivity contribution < 1.29 is 4.79 Å². The second kappa shape index (κ2) is 5.35. The minimum Gasteiger partial charge on any atom is -0.352 e. The molecule has 1 fully saturated rings. The van der Waals surface area contributed by atoms with E-state index in [-0.39, 0.29) is 11.9 Å². The number of carbonyl (C=O) groups excluding carboxylic acids is 1. The second-order valence-corrected chi connectivity index (χ2v) is 4.61. The molecular weight excluding hydrogens is 176 g/mol. The SMILES string of the molecule is CC1CCCC(NC(=O)C(C)N)CC1. The van der Waals surface area contributed by atoms with E-state index in [4.69, 9.17) is 5.73 Å². The highest BCUT2D eigenvalue weighted by Gasteiger charge is 2.18. The highest BCUT2D eigenvalue weighted by Crippen LogP contribution is 2.22. The van der Waals surface area contributed by atoms with E-state index in [9.17, 15) is 4.79 Å². The summed E-state index contributed by atoms with van der Waals surface area (Å²) in [6, 6.07) is -0.0193. The summed E-state index contributed by atoms with van der Waals surface area (Å²) in [6.45, 7) is 4.02.